The van der Waals surface area contributed by atoms with Crippen LogP contribution in [0.15, 0.2) is 54.8 Å². The summed E-state index contributed by atoms with van der Waals surface area (Å²) < 4.78 is 4.95. The number of allylic oxidation sites excluding steroid dienone is 2. The van der Waals surface area contributed by atoms with Crippen molar-refractivity contribution in [3.05, 3.63) is 70.4 Å². The third kappa shape index (κ3) is 3.14. The first-order valence-corrected chi connectivity index (χ1v) is 5.88. The molecule has 0 bridgehead atoms. The molecule has 0 fully saturated rings. The molecule has 1 aliphatic rings. The Balaban J connectivity index is 1.94. The fourth-order valence-electron chi connectivity index (χ4n) is 1.63. The number of rotatable bonds is 4. The number of nitrogens with one attached hydrogen (secondary N) is 2. The van der Waals surface area contributed by atoms with Gasteiger partial charge in [-0.2, -0.15) is 0 Å². The number of amides is 1. The van der Waals surface area contributed by atoms with Gasteiger partial charge in [0.05, 0.1) is 4.92 Å². The van der Waals surface area contributed by atoms with Crippen LogP contribution < -0.4 is 10.6 Å². The number of ether oxygens (including phenoxy) is 1. The highest BCUT2D eigenvalue weighted by atomic mass is 16.6. The van der Waals surface area contributed by atoms with E-state index in [1.165, 1.54) is 18.4 Å². The predicted octanol–water partition coefficient (Wildman–Crippen LogP) is 1.52. The van der Waals surface area contributed by atoms with Crippen molar-refractivity contribution >= 4 is 6.09 Å². The number of benzene rings is 1. The first-order valence-electron chi connectivity index (χ1n) is 5.88. The molecule has 1 unspecified atom stereocenters. The monoisotopic (exact) mass is 275 g/mol. The molecule has 1 amide bonds. The molecule has 104 valence electrons. The van der Waals surface area contributed by atoms with Crippen LogP contribution in [0.2, 0.25) is 0 Å². The molecule has 1 aromatic rings. The van der Waals surface area contributed by atoms with Crippen LogP contribution in [0.3, 0.4) is 0 Å². The van der Waals surface area contributed by atoms with Gasteiger partial charge >= 0.3 is 11.9 Å². The Labute approximate surface area is 115 Å². The Morgan fingerprint density at radius 2 is 2.10 bits per heavy atom. The highest BCUT2D eigenvalue weighted by Crippen LogP contribution is 2.09. The van der Waals surface area contributed by atoms with Gasteiger partial charge in [0.25, 0.3) is 0 Å². The van der Waals surface area contributed by atoms with E-state index in [1.807, 2.05) is 18.2 Å². The van der Waals surface area contributed by atoms with E-state index in [1.54, 1.807) is 18.2 Å². The van der Waals surface area contributed by atoms with Gasteiger partial charge in [-0.15, -0.1) is 0 Å². The molecule has 7 heteroatoms. The van der Waals surface area contributed by atoms with Crippen molar-refractivity contribution in [1.29, 1.82) is 0 Å². The average Bonchev–Trinajstić information content (AvgIpc) is 2.47. The first kappa shape index (κ1) is 13.6. The molecule has 1 aromatic carbocycles. The van der Waals surface area contributed by atoms with Crippen LogP contribution in [0.5, 0.6) is 0 Å². The fourth-order valence-corrected chi connectivity index (χ4v) is 1.63. The fraction of sp³-hybridized carbons (Fsp3) is 0.154. The molecule has 1 aliphatic heterocycles. The summed E-state index contributed by atoms with van der Waals surface area (Å²) in [4.78, 5) is 22.1. The quantitative estimate of drug-likeness (QED) is 0.493. The van der Waals surface area contributed by atoms with E-state index in [0.717, 1.165) is 5.56 Å². The summed E-state index contributed by atoms with van der Waals surface area (Å²) in [6, 6.07) is 9.04. The summed E-state index contributed by atoms with van der Waals surface area (Å²) in [5.41, 5.74) is 0.796. The summed E-state index contributed by atoms with van der Waals surface area (Å²) in [7, 11) is 0. The number of alkyl carbamates (subject to hydrolysis) is 1. The van der Waals surface area contributed by atoms with Crippen molar-refractivity contribution in [2.45, 2.75) is 12.4 Å². The highest BCUT2D eigenvalue weighted by molar-refractivity contribution is 5.68. The molecule has 2 N–H and O–H groups in total. The van der Waals surface area contributed by atoms with Crippen LogP contribution in [-0.4, -0.2) is 16.8 Å². The number of nitro groups is 1. The van der Waals surface area contributed by atoms with Crippen LogP contribution in [0, 0.1) is 10.1 Å². The van der Waals surface area contributed by atoms with E-state index in [4.69, 9.17) is 4.74 Å². The maximum absolute atomic E-state index is 11.7. The second kappa shape index (κ2) is 5.87. The Hall–Kier alpha value is -2.83. The molecular weight excluding hydrogens is 262 g/mol. The Kier molecular flexibility index (Phi) is 3.99. The molecule has 0 saturated heterocycles. The highest BCUT2D eigenvalue weighted by Gasteiger charge is 2.42. The normalized spacial score (nSPS) is 20.0. The van der Waals surface area contributed by atoms with Gasteiger partial charge in [0.1, 0.15) is 6.61 Å². The zero-order valence-electron chi connectivity index (χ0n) is 10.5. The molecule has 0 aliphatic carbocycles. The van der Waals surface area contributed by atoms with E-state index >= 15 is 0 Å². The maximum Gasteiger partial charge on any atom is 0.414 e. The molecule has 7 nitrogen and oxygen atoms in total. The Bertz CT molecular complexity index is 556. The minimum absolute atomic E-state index is 0.0417. The van der Waals surface area contributed by atoms with E-state index in [0.29, 0.717) is 0 Å². The topological polar surface area (TPSA) is 93.5 Å². The largest absolute Gasteiger partial charge is 0.444 e. The zero-order valence-corrected chi connectivity index (χ0v) is 10.5. The zero-order chi connectivity index (χ0) is 14.4. The average molecular weight is 275 g/mol. The number of dihydropyridines is 1. The third-order valence-electron chi connectivity index (χ3n) is 2.64. The molecule has 0 radical (unpaired) electrons. The summed E-state index contributed by atoms with van der Waals surface area (Å²) in [6.07, 6.45) is 4.78. The molecule has 0 spiro atoms. The smallest absolute Gasteiger partial charge is 0.414 e. The van der Waals surface area contributed by atoms with Gasteiger partial charge < -0.3 is 10.1 Å². The number of hydrogen-bond donors (Lipinski definition) is 2. The molecule has 1 atom stereocenters. The number of nitrogens with zero attached hydrogens (tertiary/aromatic N) is 1. The lowest BCUT2D eigenvalue weighted by atomic mass is 10.2. The second-order valence-corrected chi connectivity index (χ2v) is 4.07. The lowest BCUT2D eigenvalue weighted by Crippen LogP contribution is -2.61. The minimum atomic E-state index is -1.87. The number of hydrogen-bond acceptors (Lipinski definition) is 5. The predicted molar refractivity (Wildman–Crippen MR) is 70.9 cm³/mol. The number of carbonyl (C=O) groups excluding carboxylic acids is 1. The molecular formula is C13H13N3O4. The van der Waals surface area contributed by atoms with Gasteiger partial charge in [0.2, 0.25) is 0 Å². The Morgan fingerprint density at radius 3 is 2.70 bits per heavy atom. The third-order valence-corrected chi connectivity index (χ3v) is 2.64. The molecule has 0 aromatic heterocycles. The summed E-state index contributed by atoms with van der Waals surface area (Å²) in [6.45, 7) is 0.0417. The SMILES string of the molecule is O=C(NC1([N+](=O)[O-])C=CC=CN1)OCc1ccccc1. The van der Waals surface area contributed by atoms with Crippen molar-refractivity contribution < 1.29 is 14.5 Å². The van der Waals surface area contributed by atoms with Gasteiger partial charge in [0, 0.05) is 12.3 Å². The van der Waals surface area contributed by atoms with Crippen LogP contribution in [-0.2, 0) is 11.3 Å². The standard InChI is InChI=1S/C13H13N3O4/c17-12(20-10-11-6-2-1-3-7-11)15-13(16(18)19)8-4-5-9-14-13/h1-9,14H,10H2,(H,15,17). The van der Waals surface area contributed by atoms with Crippen LogP contribution in [0.25, 0.3) is 0 Å². The van der Waals surface area contributed by atoms with Crippen LogP contribution in [0.4, 0.5) is 4.79 Å². The lowest BCUT2D eigenvalue weighted by molar-refractivity contribution is -0.566. The summed E-state index contributed by atoms with van der Waals surface area (Å²) >= 11 is 0. The van der Waals surface area contributed by atoms with Gasteiger partial charge in [-0.05, 0) is 11.6 Å². The number of carbonyl (C=O) groups is 1. The molecule has 20 heavy (non-hydrogen) atoms. The molecule has 1 heterocycles. The van der Waals surface area contributed by atoms with E-state index in [2.05, 4.69) is 10.6 Å². The van der Waals surface area contributed by atoms with Crippen molar-refractivity contribution in [1.82, 2.24) is 10.6 Å². The van der Waals surface area contributed by atoms with Gasteiger partial charge in [0.15, 0.2) is 0 Å². The maximum atomic E-state index is 11.7. The van der Waals surface area contributed by atoms with E-state index in [-0.39, 0.29) is 6.61 Å². The first-order chi connectivity index (χ1) is 9.62. The minimum Gasteiger partial charge on any atom is -0.444 e. The molecule has 0 saturated carbocycles. The van der Waals surface area contributed by atoms with Crippen LogP contribution in [0.1, 0.15) is 5.56 Å². The summed E-state index contributed by atoms with van der Waals surface area (Å²) in [5, 5.41) is 15.7. The van der Waals surface area contributed by atoms with Gasteiger partial charge in [-0.25, -0.2) is 10.1 Å². The summed E-state index contributed by atoms with van der Waals surface area (Å²) in [5.74, 6) is -1.87. The van der Waals surface area contributed by atoms with E-state index in [9.17, 15) is 14.9 Å². The van der Waals surface area contributed by atoms with Gasteiger partial charge in [-0.3, -0.25) is 10.1 Å². The van der Waals surface area contributed by atoms with Crippen LogP contribution >= 0.6 is 0 Å². The Morgan fingerprint density at radius 1 is 1.35 bits per heavy atom. The lowest BCUT2D eigenvalue weighted by Gasteiger charge is -2.24. The van der Waals surface area contributed by atoms with Crippen molar-refractivity contribution in [3.63, 3.8) is 0 Å². The van der Waals surface area contributed by atoms with Crippen molar-refractivity contribution in [2.75, 3.05) is 0 Å². The molecule has 2 rings (SSSR count). The van der Waals surface area contributed by atoms with Crippen molar-refractivity contribution in [2.24, 2.45) is 0 Å². The van der Waals surface area contributed by atoms with Gasteiger partial charge in [-0.1, -0.05) is 36.4 Å². The van der Waals surface area contributed by atoms with Crippen molar-refractivity contribution in [3.8, 4) is 0 Å². The van der Waals surface area contributed by atoms with E-state index < -0.39 is 16.8 Å². The second-order valence-electron chi connectivity index (χ2n) is 4.07.